The topological polar surface area (TPSA) is 66.2 Å². The summed E-state index contributed by atoms with van der Waals surface area (Å²) >= 11 is 1.51. The van der Waals surface area contributed by atoms with Gasteiger partial charge < -0.3 is 5.32 Å². The molecule has 4 rings (SSSR count). The summed E-state index contributed by atoms with van der Waals surface area (Å²) in [5, 5.41) is 13.5. The van der Waals surface area contributed by atoms with Crippen LogP contribution < -0.4 is 5.32 Å². The minimum Gasteiger partial charge on any atom is -0.301 e. The summed E-state index contributed by atoms with van der Waals surface area (Å²) < 4.78 is 0. The van der Waals surface area contributed by atoms with Crippen LogP contribution >= 0.6 is 11.8 Å². The van der Waals surface area contributed by atoms with Gasteiger partial charge >= 0.3 is 0 Å². The Morgan fingerprint density at radius 2 is 2.00 bits per heavy atom. The Balaban J connectivity index is 1.56. The Kier molecular flexibility index (Phi) is 3.23. The highest BCUT2D eigenvalue weighted by Crippen LogP contribution is 2.26. The second-order valence-electron chi connectivity index (χ2n) is 5.00. The van der Waals surface area contributed by atoms with E-state index in [1.54, 1.807) is 0 Å². The number of azo groups is 1. The van der Waals surface area contributed by atoms with E-state index < -0.39 is 6.17 Å². The minimum absolute atomic E-state index is 0.162. The van der Waals surface area contributed by atoms with Gasteiger partial charge in [0.25, 0.3) is 5.91 Å². The van der Waals surface area contributed by atoms with Crippen LogP contribution in [0.15, 0.2) is 69.5 Å². The highest BCUT2D eigenvalue weighted by atomic mass is 32.2. The molecule has 1 amide bonds. The van der Waals surface area contributed by atoms with Crippen molar-refractivity contribution in [1.82, 2.24) is 5.32 Å². The van der Waals surface area contributed by atoms with Crippen LogP contribution in [0.4, 0.5) is 0 Å². The summed E-state index contributed by atoms with van der Waals surface area (Å²) in [5.74, 6) is 0.578. The van der Waals surface area contributed by atoms with Crippen LogP contribution in [0.1, 0.15) is 5.56 Å². The zero-order chi connectivity index (χ0) is 14.9. The second-order valence-corrected chi connectivity index (χ2v) is 5.97. The summed E-state index contributed by atoms with van der Waals surface area (Å²) in [5.41, 5.74) is 1.73. The molecule has 1 atom stereocenters. The van der Waals surface area contributed by atoms with Gasteiger partial charge in [0.1, 0.15) is 0 Å². The van der Waals surface area contributed by atoms with Crippen LogP contribution in [0, 0.1) is 0 Å². The molecule has 1 N–H and O–H groups in total. The van der Waals surface area contributed by atoms with Gasteiger partial charge in [-0.25, -0.2) is 4.99 Å². The van der Waals surface area contributed by atoms with E-state index in [1.807, 2.05) is 18.2 Å². The Morgan fingerprint density at radius 3 is 2.95 bits per heavy atom. The summed E-state index contributed by atoms with van der Waals surface area (Å²) in [7, 11) is 0. The maximum atomic E-state index is 11.9. The molecular weight excluding hydrogens is 296 g/mol. The second kappa shape index (κ2) is 5.38. The summed E-state index contributed by atoms with van der Waals surface area (Å²) in [6.07, 6.45) is 0.999. The van der Waals surface area contributed by atoms with E-state index in [0.29, 0.717) is 10.7 Å². The predicted octanol–water partition coefficient (Wildman–Crippen LogP) is 3.23. The highest BCUT2D eigenvalue weighted by Gasteiger charge is 2.29. The SMILES string of the molecule is O=C1NC(SCc2cccc3ccccc23)=NC2N=NC=C12. The zero-order valence-electron chi connectivity index (χ0n) is 11.6. The molecule has 2 heterocycles. The molecule has 0 spiro atoms. The fourth-order valence-electron chi connectivity index (χ4n) is 2.51. The van der Waals surface area contributed by atoms with Crippen LogP contribution in [-0.4, -0.2) is 17.2 Å². The number of amidine groups is 1. The number of aliphatic imine (C=N–C) groups is 1. The Bertz CT molecular complexity index is 851. The van der Waals surface area contributed by atoms with Crippen LogP contribution in [0.5, 0.6) is 0 Å². The molecule has 2 aliphatic rings. The quantitative estimate of drug-likeness (QED) is 0.925. The Hall–Kier alpha value is -2.47. The van der Waals surface area contributed by atoms with Gasteiger partial charge in [0.05, 0.1) is 11.8 Å². The molecule has 0 fully saturated rings. The third kappa shape index (κ3) is 2.31. The fourth-order valence-corrected chi connectivity index (χ4v) is 3.39. The van der Waals surface area contributed by atoms with E-state index in [-0.39, 0.29) is 5.91 Å². The van der Waals surface area contributed by atoms with Crippen LogP contribution in [0.2, 0.25) is 0 Å². The van der Waals surface area contributed by atoms with E-state index in [9.17, 15) is 4.79 Å². The molecule has 108 valence electrons. The molecule has 0 radical (unpaired) electrons. The summed E-state index contributed by atoms with van der Waals surface area (Å²) in [6.45, 7) is 0. The molecule has 5 nitrogen and oxygen atoms in total. The number of carbonyl (C=O) groups excluding carboxylic acids is 1. The number of fused-ring (bicyclic) bond motifs is 2. The lowest BCUT2D eigenvalue weighted by Gasteiger charge is -2.17. The van der Waals surface area contributed by atoms with E-state index in [1.165, 1.54) is 34.3 Å². The molecule has 0 bridgehead atoms. The first-order chi connectivity index (χ1) is 10.8. The van der Waals surface area contributed by atoms with Crippen molar-refractivity contribution in [3.63, 3.8) is 0 Å². The molecule has 2 aliphatic heterocycles. The highest BCUT2D eigenvalue weighted by molar-refractivity contribution is 8.13. The lowest BCUT2D eigenvalue weighted by molar-refractivity contribution is -0.116. The monoisotopic (exact) mass is 308 g/mol. The molecule has 0 saturated carbocycles. The molecule has 0 aliphatic carbocycles. The van der Waals surface area contributed by atoms with Gasteiger partial charge in [-0.15, -0.1) is 0 Å². The van der Waals surface area contributed by atoms with Gasteiger partial charge in [0.2, 0.25) is 0 Å². The van der Waals surface area contributed by atoms with Crippen molar-refractivity contribution in [3.05, 3.63) is 59.8 Å². The Morgan fingerprint density at radius 1 is 1.14 bits per heavy atom. The zero-order valence-corrected chi connectivity index (χ0v) is 12.4. The van der Waals surface area contributed by atoms with Crippen molar-refractivity contribution in [3.8, 4) is 0 Å². The fraction of sp³-hybridized carbons (Fsp3) is 0.125. The normalized spacial score (nSPS) is 19.6. The van der Waals surface area contributed by atoms with E-state index in [2.05, 4.69) is 44.8 Å². The van der Waals surface area contributed by atoms with Crippen molar-refractivity contribution in [2.24, 2.45) is 15.2 Å². The van der Waals surface area contributed by atoms with Crippen molar-refractivity contribution in [2.75, 3.05) is 0 Å². The van der Waals surface area contributed by atoms with E-state index in [0.717, 1.165) is 5.75 Å². The lowest BCUT2D eigenvalue weighted by Crippen LogP contribution is -2.37. The lowest BCUT2D eigenvalue weighted by atomic mass is 10.1. The Labute approximate surface area is 131 Å². The number of hydrogen-bond acceptors (Lipinski definition) is 5. The maximum absolute atomic E-state index is 11.9. The van der Waals surface area contributed by atoms with Crippen molar-refractivity contribution in [2.45, 2.75) is 11.9 Å². The first-order valence-corrected chi connectivity index (χ1v) is 7.88. The summed E-state index contributed by atoms with van der Waals surface area (Å²) in [6, 6.07) is 14.5. The van der Waals surface area contributed by atoms with Gasteiger partial charge in [-0.3, -0.25) is 4.79 Å². The average Bonchev–Trinajstić information content (AvgIpc) is 3.02. The predicted molar refractivity (Wildman–Crippen MR) is 87.5 cm³/mol. The third-order valence-electron chi connectivity index (χ3n) is 3.62. The number of thioether (sulfide) groups is 1. The van der Waals surface area contributed by atoms with Gasteiger partial charge in [0.15, 0.2) is 11.3 Å². The number of carbonyl (C=O) groups is 1. The molecule has 2 aromatic carbocycles. The number of nitrogens with zero attached hydrogens (tertiary/aromatic N) is 3. The molecule has 2 aromatic rings. The molecule has 22 heavy (non-hydrogen) atoms. The van der Waals surface area contributed by atoms with Gasteiger partial charge in [0, 0.05) is 5.75 Å². The number of amides is 1. The average molecular weight is 308 g/mol. The van der Waals surface area contributed by atoms with Crippen molar-refractivity contribution >= 4 is 33.6 Å². The van der Waals surface area contributed by atoms with Crippen LogP contribution in [0.25, 0.3) is 10.8 Å². The smallest absolute Gasteiger partial charge is 0.258 e. The maximum Gasteiger partial charge on any atom is 0.258 e. The van der Waals surface area contributed by atoms with Gasteiger partial charge in [-0.1, -0.05) is 54.2 Å². The standard InChI is InChI=1S/C16H12N4OS/c21-15-13-8-17-20-14(13)18-16(19-15)22-9-11-6-3-5-10-4-1-2-7-12(10)11/h1-8,14H,9H2,(H,18,19,21). The minimum atomic E-state index is -0.469. The van der Waals surface area contributed by atoms with E-state index in [4.69, 9.17) is 0 Å². The number of rotatable bonds is 2. The molecular formula is C16H12N4OS. The van der Waals surface area contributed by atoms with Crippen LogP contribution in [0.3, 0.4) is 0 Å². The van der Waals surface area contributed by atoms with Gasteiger partial charge in [-0.05, 0) is 16.3 Å². The number of nitrogens with one attached hydrogen (secondary N) is 1. The largest absolute Gasteiger partial charge is 0.301 e. The molecule has 6 heteroatoms. The molecule has 0 saturated heterocycles. The van der Waals surface area contributed by atoms with Crippen molar-refractivity contribution in [1.29, 1.82) is 0 Å². The first kappa shape index (κ1) is 13.2. The molecule has 0 aromatic heterocycles. The van der Waals surface area contributed by atoms with Gasteiger partial charge in [-0.2, -0.15) is 10.2 Å². The number of hydrogen-bond donors (Lipinski definition) is 1. The first-order valence-electron chi connectivity index (χ1n) is 6.90. The van der Waals surface area contributed by atoms with E-state index >= 15 is 0 Å². The van der Waals surface area contributed by atoms with Crippen LogP contribution in [-0.2, 0) is 10.5 Å². The summed E-state index contributed by atoms with van der Waals surface area (Å²) in [4.78, 5) is 16.3. The molecule has 1 unspecified atom stereocenters. The third-order valence-corrected chi connectivity index (χ3v) is 4.55. The number of benzene rings is 2. The van der Waals surface area contributed by atoms with Crippen molar-refractivity contribution < 1.29 is 4.79 Å².